The fraction of sp³-hybridized carbons (Fsp3) is 0.381. The van der Waals surface area contributed by atoms with Crippen molar-refractivity contribution >= 4 is 27.5 Å². The van der Waals surface area contributed by atoms with E-state index in [-0.39, 0.29) is 29.2 Å². The molecule has 10 heteroatoms. The van der Waals surface area contributed by atoms with E-state index in [9.17, 15) is 13.2 Å². The molecule has 0 spiro atoms. The molecular formula is C21H24N4O4S2. The van der Waals surface area contributed by atoms with Crippen LogP contribution in [0, 0.1) is 0 Å². The first-order valence-electron chi connectivity index (χ1n) is 10.1. The number of benzene rings is 1. The number of furan rings is 1. The molecule has 164 valence electrons. The fourth-order valence-electron chi connectivity index (χ4n) is 3.70. The van der Waals surface area contributed by atoms with E-state index in [2.05, 4.69) is 10.2 Å². The number of carbonyl (C=O) groups is 1. The Morgan fingerprint density at radius 2 is 2.03 bits per heavy atom. The maximum absolute atomic E-state index is 13.2. The van der Waals surface area contributed by atoms with Gasteiger partial charge in [-0.2, -0.15) is 0 Å². The van der Waals surface area contributed by atoms with E-state index < -0.39 is 9.84 Å². The Balaban J connectivity index is 1.50. The second-order valence-electron chi connectivity index (χ2n) is 7.38. The van der Waals surface area contributed by atoms with Gasteiger partial charge >= 0.3 is 0 Å². The Hall–Kier alpha value is -2.59. The van der Waals surface area contributed by atoms with E-state index in [1.54, 1.807) is 17.2 Å². The van der Waals surface area contributed by atoms with Crippen molar-refractivity contribution in [3.63, 3.8) is 0 Å². The van der Waals surface area contributed by atoms with E-state index in [4.69, 9.17) is 4.42 Å². The van der Waals surface area contributed by atoms with Gasteiger partial charge in [0.15, 0.2) is 26.6 Å². The van der Waals surface area contributed by atoms with Crippen LogP contribution in [-0.4, -0.2) is 57.3 Å². The molecule has 0 saturated carbocycles. The minimum atomic E-state index is -3.10. The molecule has 1 amide bonds. The average Bonchev–Trinajstić information content (AvgIpc) is 3.50. The maximum atomic E-state index is 13.2. The van der Waals surface area contributed by atoms with Crippen LogP contribution in [0.5, 0.6) is 0 Å². The molecule has 1 aromatic carbocycles. The normalized spacial score (nSPS) is 17.6. The lowest BCUT2D eigenvalue weighted by atomic mass is 10.1. The van der Waals surface area contributed by atoms with E-state index in [0.29, 0.717) is 36.3 Å². The molecule has 8 nitrogen and oxygen atoms in total. The van der Waals surface area contributed by atoms with Crippen LogP contribution in [0.3, 0.4) is 0 Å². The predicted molar refractivity (Wildman–Crippen MR) is 118 cm³/mol. The van der Waals surface area contributed by atoms with Gasteiger partial charge in [-0.15, -0.1) is 10.2 Å². The lowest BCUT2D eigenvalue weighted by Crippen LogP contribution is -2.41. The molecule has 0 aliphatic carbocycles. The summed E-state index contributed by atoms with van der Waals surface area (Å²) >= 11 is 1.30. The fourth-order valence-corrected chi connectivity index (χ4v) is 6.32. The van der Waals surface area contributed by atoms with Gasteiger partial charge in [0.2, 0.25) is 5.91 Å². The SMILES string of the molecule is CCn1c(SCC(=O)N(Cc2ccccc2)[C@@H]2CCS(=O)(=O)C2)nnc1-c1ccco1. The summed E-state index contributed by atoms with van der Waals surface area (Å²) in [5.74, 6) is 1.42. The summed E-state index contributed by atoms with van der Waals surface area (Å²) in [6.45, 7) is 3.00. The summed E-state index contributed by atoms with van der Waals surface area (Å²) in [6, 6.07) is 12.9. The van der Waals surface area contributed by atoms with Crippen molar-refractivity contribution in [2.24, 2.45) is 0 Å². The Labute approximate surface area is 185 Å². The summed E-state index contributed by atoms with van der Waals surface area (Å²) in [5.41, 5.74) is 0.974. The minimum absolute atomic E-state index is 0.0179. The number of nitrogens with zero attached hydrogens (tertiary/aromatic N) is 4. The average molecular weight is 461 g/mol. The predicted octanol–water partition coefficient (Wildman–Crippen LogP) is 2.87. The Morgan fingerprint density at radius 1 is 1.23 bits per heavy atom. The van der Waals surface area contributed by atoms with Crippen LogP contribution in [0.4, 0.5) is 0 Å². The van der Waals surface area contributed by atoms with Crippen molar-refractivity contribution in [2.75, 3.05) is 17.3 Å². The molecule has 0 N–H and O–H groups in total. The zero-order chi connectivity index (χ0) is 21.8. The third-order valence-electron chi connectivity index (χ3n) is 5.26. The van der Waals surface area contributed by atoms with Crippen molar-refractivity contribution in [3.05, 3.63) is 54.3 Å². The number of carbonyl (C=O) groups excluding carboxylic acids is 1. The summed E-state index contributed by atoms with van der Waals surface area (Å²) < 4.78 is 31.4. The molecule has 3 aromatic rings. The van der Waals surface area contributed by atoms with Gasteiger partial charge in [-0.05, 0) is 31.0 Å². The first-order valence-corrected chi connectivity index (χ1v) is 12.9. The number of hydrogen-bond acceptors (Lipinski definition) is 7. The quantitative estimate of drug-likeness (QED) is 0.477. The number of amides is 1. The van der Waals surface area contributed by atoms with Crippen LogP contribution < -0.4 is 0 Å². The first kappa shape index (κ1) is 21.6. The van der Waals surface area contributed by atoms with Crippen LogP contribution in [0.1, 0.15) is 18.9 Å². The number of thioether (sulfide) groups is 1. The largest absolute Gasteiger partial charge is 0.461 e. The Bertz CT molecular complexity index is 1130. The number of sulfone groups is 1. The highest BCUT2D eigenvalue weighted by Gasteiger charge is 2.34. The smallest absolute Gasteiger partial charge is 0.233 e. The topological polar surface area (TPSA) is 98.3 Å². The second-order valence-corrected chi connectivity index (χ2v) is 10.6. The zero-order valence-corrected chi connectivity index (χ0v) is 18.8. The van der Waals surface area contributed by atoms with Crippen LogP contribution >= 0.6 is 11.8 Å². The third kappa shape index (κ3) is 5.01. The molecule has 3 heterocycles. The van der Waals surface area contributed by atoms with E-state index >= 15 is 0 Å². The summed E-state index contributed by atoms with van der Waals surface area (Å²) in [6.07, 6.45) is 2.05. The minimum Gasteiger partial charge on any atom is -0.461 e. The van der Waals surface area contributed by atoms with Gasteiger partial charge in [0.1, 0.15) is 0 Å². The van der Waals surface area contributed by atoms with Crippen molar-refractivity contribution < 1.29 is 17.6 Å². The lowest BCUT2D eigenvalue weighted by molar-refractivity contribution is -0.130. The van der Waals surface area contributed by atoms with Gasteiger partial charge in [-0.25, -0.2) is 8.42 Å². The van der Waals surface area contributed by atoms with Crippen molar-refractivity contribution in [2.45, 2.75) is 37.6 Å². The second kappa shape index (κ2) is 9.27. The van der Waals surface area contributed by atoms with Crippen LogP contribution in [0.15, 0.2) is 58.3 Å². The van der Waals surface area contributed by atoms with E-state index in [1.165, 1.54) is 11.8 Å². The third-order valence-corrected chi connectivity index (χ3v) is 7.97. The molecule has 1 aliphatic heterocycles. The first-order chi connectivity index (χ1) is 15.0. The van der Waals surface area contributed by atoms with E-state index in [0.717, 1.165) is 5.56 Å². The molecule has 1 aliphatic rings. The van der Waals surface area contributed by atoms with Crippen molar-refractivity contribution in [1.29, 1.82) is 0 Å². The summed E-state index contributed by atoms with van der Waals surface area (Å²) in [7, 11) is -3.10. The highest BCUT2D eigenvalue weighted by atomic mass is 32.2. The van der Waals surface area contributed by atoms with Gasteiger partial charge in [-0.3, -0.25) is 9.36 Å². The van der Waals surface area contributed by atoms with Crippen LogP contribution in [0.25, 0.3) is 11.6 Å². The highest BCUT2D eigenvalue weighted by molar-refractivity contribution is 7.99. The summed E-state index contributed by atoms with van der Waals surface area (Å²) in [5, 5.41) is 9.06. The molecule has 1 atom stereocenters. The number of aromatic nitrogens is 3. The zero-order valence-electron chi connectivity index (χ0n) is 17.2. The number of hydrogen-bond donors (Lipinski definition) is 0. The highest BCUT2D eigenvalue weighted by Crippen LogP contribution is 2.26. The number of rotatable bonds is 8. The summed E-state index contributed by atoms with van der Waals surface area (Å²) in [4.78, 5) is 14.9. The van der Waals surface area contributed by atoms with Gasteiger partial charge in [0, 0.05) is 19.1 Å². The molecule has 0 radical (unpaired) electrons. The Kier molecular flexibility index (Phi) is 6.47. The van der Waals surface area contributed by atoms with Gasteiger partial charge < -0.3 is 9.32 Å². The Morgan fingerprint density at radius 3 is 2.68 bits per heavy atom. The molecule has 4 rings (SSSR count). The van der Waals surface area contributed by atoms with Crippen LogP contribution in [-0.2, 0) is 27.7 Å². The molecule has 2 aromatic heterocycles. The van der Waals surface area contributed by atoms with Crippen molar-refractivity contribution in [3.8, 4) is 11.6 Å². The molecule has 0 unspecified atom stereocenters. The van der Waals surface area contributed by atoms with E-state index in [1.807, 2.05) is 47.9 Å². The lowest BCUT2D eigenvalue weighted by Gasteiger charge is -2.28. The molecule has 1 fully saturated rings. The standard InChI is InChI=1S/C21H24N4O4S2/c1-2-24-20(18-9-6-11-29-18)22-23-21(24)30-14-19(26)25(13-16-7-4-3-5-8-16)17-10-12-31(27,28)15-17/h3-9,11,17H,2,10,12-15H2,1H3/t17-/m1/s1. The van der Waals surface area contributed by atoms with Gasteiger partial charge in [0.05, 0.1) is 23.5 Å². The van der Waals surface area contributed by atoms with Gasteiger partial charge in [-0.1, -0.05) is 42.1 Å². The molecule has 31 heavy (non-hydrogen) atoms. The monoisotopic (exact) mass is 460 g/mol. The molecular weight excluding hydrogens is 436 g/mol. The van der Waals surface area contributed by atoms with Crippen LogP contribution in [0.2, 0.25) is 0 Å². The van der Waals surface area contributed by atoms with Crippen molar-refractivity contribution in [1.82, 2.24) is 19.7 Å². The molecule has 0 bridgehead atoms. The molecule has 1 saturated heterocycles. The van der Waals surface area contributed by atoms with Gasteiger partial charge in [0.25, 0.3) is 0 Å². The maximum Gasteiger partial charge on any atom is 0.233 e.